The number of pyridine rings is 1. The second kappa shape index (κ2) is 4.60. The highest BCUT2D eigenvalue weighted by molar-refractivity contribution is 5.90. The maximum absolute atomic E-state index is 4.72. The van der Waals surface area contributed by atoms with E-state index >= 15 is 0 Å². The lowest BCUT2D eigenvalue weighted by atomic mass is 9.83. The molecule has 1 unspecified atom stereocenters. The van der Waals surface area contributed by atoms with Gasteiger partial charge in [-0.2, -0.15) is 0 Å². The molecule has 0 radical (unpaired) electrons. The van der Waals surface area contributed by atoms with Gasteiger partial charge in [0, 0.05) is 23.0 Å². The van der Waals surface area contributed by atoms with Gasteiger partial charge in [0.15, 0.2) is 5.82 Å². The molecule has 3 heterocycles. The van der Waals surface area contributed by atoms with Crippen LogP contribution in [0.5, 0.6) is 0 Å². The Balaban J connectivity index is 1.80. The number of aromatic nitrogens is 1. The van der Waals surface area contributed by atoms with E-state index in [9.17, 15) is 0 Å². The van der Waals surface area contributed by atoms with Crippen molar-refractivity contribution in [2.45, 2.75) is 25.4 Å². The molecular weight excluding hydrogens is 294 g/mol. The van der Waals surface area contributed by atoms with Crippen molar-refractivity contribution in [1.82, 2.24) is 4.98 Å². The minimum absolute atomic E-state index is 0.00681. The van der Waals surface area contributed by atoms with Gasteiger partial charge in [0.1, 0.15) is 6.17 Å². The van der Waals surface area contributed by atoms with Crippen molar-refractivity contribution >= 4 is 22.9 Å². The first-order chi connectivity index (χ1) is 11.7. The fourth-order valence-corrected chi connectivity index (χ4v) is 4.25. The van der Waals surface area contributed by atoms with E-state index in [0.29, 0.717) is 0 Å². The van der Waals surface area contributed by atoms with E-state index in [0.717, 1.165) is 5.82 Å². The molecule has 24 heavy (non-hydrogen) atoms. The van der Waals surface area contributed by atoms with Gasteiger partial charge in [-0.15, -0.1) is 0 Å². The van der Waals surface area contributed by atoms with E-state index in [-0.39, 0.29) is 11.6 Å². The number of rotatable bonds is 1. The third kappa shape index (κ3) is 1.59. The van der Waals surface area contributed by atoms with E-state index in [1.807, 2.05) is 12.3 Å². The summed E-state index contributed by atoms with van der Waals surface area (Å²) in [5.74, 6) is 1.04. The molecule has 1 aromatic heterocycles. The minimum Gasteiger partial charge on any atom is -0.316 e. The predicted octanol–water partition coefficient (Wildman–Crippen LogP) is 4.99. The first kappa shape index (κ1) is 13.6. The third-order valence-electron chi connectivity index (χ3n) is 5.28. The fraction of sp³-hybridized carbons (Fsp3) is 0.190. The zero-order valence-corrected chi connectivity index (χ0v) is 13.8. The molecule has 1 atom stereocenters. The maximum Gasteiger partial charge on any atom is 0.158 e. The molecule has 0 bridgehead atoms. The second-order valence-corrected chi connectivity index (χ2v) is 7.03. The molecule has 0 amide bonds. The summed E-state index contributed by atoms with van der Waals surface area (Å²) in [4.78, 5) is 9.56. The van der Waals surface area contributed by atoms with Crippen LogP contribution in [-0.2, 0) is 5.41 Å². The van der Waals surface area contributed by atoms with Crippen LogP contribution in [0.4, 0.5) is 22.9 Å². The number of fused-ring (bicyclic) bond motifs is 5. The van der Waals surface area contributed by atoms with Crippen LogP contribution in [0.25, 0.3) is 0 Å². The molecule has 0 spiro atoms. The standard InChI is InChI=1S/C21H19N3/c1-21(2)16-11-6-7-12-17(16)24-18-13-8-14-22-19(18)23(20(21)24)15-9-4-3-5-10-15/h3-14,20H,1-2H3. The third-order valence-corrected chi connectivity index (χ3v) is 5.28. The zero-order chi connectivity index (χ0) is 16.3. The molecule has 0 aliphatic carbocycles. The highest BCUT2D eigenvalue weighted by Crippen LogP contribution is 2.57. The van der Waals surface area contributed by atoms with Gasteiger partial charge in [-0.3, -0.25) is 0 Å². The van der Waals surface area contributed by atoms with Gasteiger partial charge in [-0.1, -0.05) is 50.2 Å². The van der Waals surface area contributed by atoms with Crippen molar-refractivity contribution in [1.29, 1.82) is 0 Å². The largest absolute Gasteiger partial charge is 0.316 e. The molecule has 3 nitrogen and oxygen atoms in total. The van der Waals surface area contributed by atoms with E-state index in [4.69, 9.17) is 4.98 Å². The summed E-state index contributed by atoms with van der Waals surface area (Å²) in [5.41, 5.74) is 5.05. The van der Waals surface area contributed by atoms with Crippen LogP contribution in [0.2, 0.25) is 0 Å². The molecule has 118 valence electrons. The van der Waals surface area contributed by atoms with Gasteiger partial charge in [0.25, 0.3) is 0 Å². The predicted molar refractivity (Wildman–Crippen MR) is 98.2 cm³/mol. The molecule has 2 aromatic carbocycles. The number of hydrogen-bond donors (Lipinski definition) is 0. The van der Waals surface area contributed by atoms with Crippen molar-refractivity contribution in [2.75, 3.05) is 9.80 Å². The molecular formula is C21H19N3. The lowest BCUT2D eigenvalue weighted by molar-refractivity contribution is 0.450. The second-order valence-electron chi connectivity index (χ2n) is 7.03. The Bertz CT molecular complexity index is 902. The van der Waals surface area contributed by atoms with Gasteiger partial charge in [-0.25, -0.2) is 4.98 Å². The lowest BCUT2D eigenvalue weighted by Crippen LogP contribution is -2.46. The van der Waals surface area contributed by atoms with Gasteiger partial charge < -0.3 is 9.80 Å². The van der Waals surface area contributed by atoms with Gasteiger partial charge in [-0.05, 0) is 35.9 Å². The number of hydrogen-bond acceptors (Lipinski definition) is 3. The Hall–Kier alpha value is -2.81. The number of benzene rings is 2. The molecule has 5 rings (SSSR count). The Kier molecular flexibility index (Phi) is 2.61. The van der Waals surface area contributed by atoms with E-state index in [1.54, 1.807) is 0 Å². The number of para-hydroxylation sites is 2. The summed E-state index contributed by atoms with van der Waals surface area (Å²) >= 11 is 0. The molecule has 3 aromatic rings. The van der Waals surface area contributed by atoms with Crippen molar-refractivity contribution in [3.63, 3.8) is 0 Å². The van der Waals surface area contributed by atoms with Crippen LogP contribution in [0.3, 0.4) is 0 Å². The molecule has 0 fully saturated rings. The van der Waals surface area contributed by atoms with Gasteiger partial charge in [0.2, 0.25) is 0 Å². The lowest BCUT2D eigenvalue weighted by Gasteiger charge is -2.36. The number of nitrogens with zero attached hydrogens (tertiary/aromatic N) is 3. The van der Waals surface area contributed by atoms with E-state index in [2.05, 4.69) is 84.3 Å². The summed E-state index contributed by atoms with van der Waals surface area (Å²) in [6.45, 7) is 4.66. The van der Waals surface area contributed by atoms with Crippen LogP contribution in [-0.4, -0.2) is 11.1 Å². The van der Waals surface area contributed by atoms with Crippen LogP contribution < -0.4 is 9.80 Å². The zero-order valence-electron chi connectivity index (χ0n) is 13.8. The summed E-state index contributed by atoms with van der Waals surface area (Å²) in [6.07, 6.45) is 2.08. The molecule has 0 saturated heterocycles. The Morgan fingerprint density at radius 3 is 2.33 bits per heavy atom. The minimum atomic E-state index is -0.00681. The van der Waals surface area contributed by atoms with Crippen LogP contribution in [0, 0.1) is 0 Å². The Morgan fingerprint density at radius 1 is 0.792 bits per heavy atom. The average molecular weight is 313 g/mol. The first-order valence-electron chi connectivity index (χ1n) is 8.37. The van der Waals surface area contributed by atoms with Crippen LogP contribution in [0.1, 0.15) is 19.4 Å². The molecule has 3 heteroatoms. The highest BCUT2D eigenvalue weighted by Gasteiger charge is 2.53. The normalized spacial score (nSPS) is 19.8. The molecule has 2 aliphatic heterocycles. The van der Waals surface area contributed by atoms with Crippen LogP contribution >= 0.6 is 0 Å². The van der Waals surface area contributed by atoms with E-state index in [1.165, 1.54) is 22.6 Å². The molecule has 0 saturated carbocycles. The monoisotopic (exact) mass is 313 g/mol. The topological polar surface area (TPSA) is 19.4 Å². The van der Waals surface area contributed by atoms with Crippen LogP contribution in [0.15, 0.2) is 72.9 Å². The van der Waals surface area contributed by atoms with Crippen molar-refractivity contribution in [3.8, 4) is 0 Å². The molecule has 0 N–H and O–H groups in total. The van der Waals surface area contributed by atoms with Gasteiger partial charge in [0.05, 0.1) is 5.69 Å². The quantitative estimate of drug-likeness (QED) is 0.631. The first-order valence-corrected chi connectivity index (χ1v) is 8.37. The van der Waals surface area contributed by atoms with Crippen molar-refractivity contribution in [2.24, 2.45) is 0 Å². The SMILES string of the molecule is CC1(C)c2ccccc2N2c3cccnc3N(c3ccccc3)C21. The summed E-state index contributed by atoms with van der Waals surface area (Å²) in [5, 5.41) is 0. The average Bonchev–Trinajstić information content (AvgIpc) is 3.08. The summed E-state index contributed by atoms with van der Waals surface area (Å²) < 4.78 is 0. The Morgan fingerprint density at radius 2 is 1.50 bits per heavy atom. The van der Waals surface area contributed by atoms with E-state index < -0.39 is 0 Å². The van der Waals surface area contributed by atoms with Gasteiger partial charge >= 0.3 is 0 Å². The smallest absolute Gasteiger partial charge is 0.158 e. The fourth-order valence-electron chi connectivity index (χ4n) is 4.25. The molecule has 2 aliphatic rings. The number of anilines is 4. The Labute approximate surface area is 142 Å². The highest BCUT2D eigenvalue weighted by atomic mass is 15.5. The summed E-state index contributed by atoms with van der Waals surface area (Å²) in [7, 11) is 0. The van der Waals surface area contributed by atoms with Crippen molar-refractivity contribution in [3.05, 3.63) is 78.5 Å². The van der Waals surface area contributed by atoms with Crippen molar-refractivity contribution < 1.29 is 0 Å². The maximum atomic E-state index is 4.72. The summed E-state index contributed by atoms with van der Waals surface area (Å²) in [6, 6.07) is 23.5.